The van der Waals surface area contributed by atoms with Gasteiger partial charge in [-0.1, -0.05) is 25.5 Å². The Morgan fingerprint density at radius 2 is 1.79 bits per heavy atom. The van der Waals surface area contributed by atoms with Crippen molar-refractivity contribution in [2.45, 2.75) is 52.1 Å². The number of carbonyl (C=O) groups excluding carboxylic acids is 2. The van der Waals surface area contributed by atoms with E-state index in [1.54, 1.807) is 26.8 Å². The summed E-state index contributed by atoms with van der Waals surface area (Å²) in [4.78, 5) is 26.5. The second kappa shape index (κ2) is 10.4. The van der Waals surface area contributed by atoms with Crippen LogP contribution >= 0.6 is 0 Å². The zero-order chi connectivity index (χ0) is 22.2. The van der Waals surface area contributed by atoms with Crippen LogP contribution in [0.4, 0.5) is 13.6 Å². The molecule has 0 fully saturated rings. The predicted molar refractivity (Wildman–Crippen MR) is 107 cm³/mol. The fraction of sp³-hybridized carbons (Fsp3) is 0.619. The van der Waals surface area contributed by atoms with Crippen LogP contribution in [-0.2, 0) is 15.5 Å². The third-order valence-electron chi connectivity index (χ3n) is 3.89. The summed E-state index contributed by atoms with van der Waals surface area (Å²) >= 11 is 0. The molecule has 8 heteroatoms. The van der Waals surface area contributed by atoms with Crippen molar-refractivity contribution in [1.29, 1.82) is 0 Å². The lowest BCUT2D eigenvalue weighted by atomic mass is 10.1. The average Bonchev–Trinajstić information content (AvgIpc) is 2.60. The summed E-state index contributed by atoms with van der Waals surface area (Å²) in [7, 11) is 2.98. The number of alkyl halides is 2. The summed E-state index contributed by atoms with van der Waals surface area (Å²) in [6.45, 7) is 5.84. The third kappa shape index (κ3) is 8.66. The molecule has 6 nitrogen and oxygen atoms in total. The molecular weight excluding hydrogens is 382 g/mol. The molecule has 1 aromatic rings. The normalized spacial score (nSPS) is 11.7. The van der Waals surface area contributed by atoms with E-state index in [2.05, 4.69) is 0 Å². The molecule has 0 saturated carbocycles. The van der Waals surface area contributed by atoms with E-state index in [0.717, 1.165) is 17.7 Å². The molecule has 0 heterocycles. The quantitative estimate of drug-likeness (QED) is 0.566. The maximum Gasteiger partial charge on any atom is 0.410 e. The first kappa shape index (κ1) is 24.7. The Labute approximate surface area is 171 Å². The summed E-state index contributed by atoms with van der Waals surface area (Å²) < 4.78 is 40.7. The van der Waals surface area contributed by atoms with E-state index in [0.29, 0.717) is 12.4 Å². The maximum absolute atomic E-state index is 15.0. The predicted octanol–water partition coefficient (Wildman–Crippen LogP) is 4.28. The first-order valence-corrected chi connectivity index (χ1v) is 9.65. The van der Waals surface area contributed by atoms with E-state index in [4.69, 9.17) is 9.47 Å². The summed E-state index contributed by atoms with van der Waals surface area (Å²) in [5.41, 5.74) is -1.17. The highest BCUT2D eigenvalue weighted by Crippen LogP contribution is 2.32. The van der Waals surface area contributed by atoms with E-state index in [9.17, 15) is 18.4 Å². The maximum atomic E-state index is 15.0. The summed E-state index contributed by atoms with van der Waals surface area (Å²) in [5, 5.41) is 0. The van der Waals surface area contributed by atoms with Crippen LogP contribution in [0.15, 0.2) is 24.3 Å². The molecule has 164 valence electrons. The van der Waals surface area contributed by atoms with E-state index >= 15 is 0 Å². The van der Waals surface area contributed by atoms with Crippen LogP contribution in [-0.4, -0.2) is 61.2 Å². The Morgan fingerprint density at radius 3 is 2.34 bits per heavy atom. The van der Waals surface area contributed by atoms with Crippen LogP contribution < -0.4 is 4.74 Å². The molecule has 0 aliphatic heterocycles. The van der Waals surface area contributed by atoms with E-state index in [1.807, 2.05) is 6.92 Å². The van der Waals surface area contributed by atoms with Gasteiger partial charge >= 0.3 is 6.09 Å². The molecule has 0 bridgehead atoms. The second-order valence-corrected chi connectivity index (χ2v) is 8.06. The minimum atomic E-state index is -3.40. The molecule has 0 spiro atoms. The van der Waals surface area contributed by atoms with Gasteiger partial charge < -0.3 is 14.4 Å². The summed E-state index contributed by atoms with van der Waals surface area (Å²) in [6.07, 6.45) is 0.781. The monoisotopic (exact) mass is 414 g/mol. The van der Waals surface area contributed by atoms with Crippen molar-refractivity contribution >= 4 is 12.0 Å². The highest BCUT2D eigenvalue weighted by molar-refractivity contribution is 5.82. The number of benzene rings is 1. The second-order valence-electron chi connectivity index (χ2n) is 8.06. The van der Waals surface area contributed by atoms with Crippen molar-refractivity contribution in [2.24, 2.45) is 0 Å². The Hall–Kier alpha value is -2.38. The number of hydrogen-bond acceptors (Lipinski definition) is 4. The molecular formula is C21H32F2N2O4. The van der Waals surface area contributed by atoms with Crippen molar-refractivity contribution in [2.75, 3.05) is 33.8 Å². The highest BCUT2D eigenvalue weighted by atomic mass is 19.3. The molecule has 2 amide bonds. The van der Waals surface area contributed by atoms with E-state index in [-0.39, 0.29) is 5.56 Å². The number of unbranched alkanes of at least 4 members (excludes halogenated alkanes) is 1. The number of likely N-dealkylation sites (N-methyl/N-ethyl adjacent to an activating group) is 1. The van der Waals surface area contributed by atoms with Crippen LogP contribution in [0.2, 0.25) is 0 Å². The molecule has 0 N–H and O–H groups in total. The molecule has 0 aliphatic rings. The van der Waals surface area contributed by atoms with Gasteiger partial charge in [-0.15, -0.1) is 0 Å². The van der Waals surface area contributed by atoms with Crippen molar-refractivity contribution in [3.05, 3.63) is 29.8 Å². The van der Waals surface area contributed by atoms with Crippen LogP contribution in [0.5, 0.6) is 5.75 Å². The van der Waals surface area contributed by atoms with Crippen molar-refractivity contribution in [1.82, 2.24) is 9.80 Å². The molecule has 0 unspecified atom stereocenters. The Bertz CT molecular complexity index is 688. The van der Waals surface area contributed by atoms with E-state index in [1.165, 1.54) is 37.2 Å². The zero-order valence-corrected chi connectivity index (χ0v) is 18.1. The minimum Gasteiger partial charge on any atom is -0.494 e. The van der Waals surface area contributed by atoms with Gasteiger partial charge in [0.15, 0.2) is 0 Å². The number of amides is 2. The summed E-state index contributed by atoms with van der Waals surface area (Å²) in [5.74, 6) is -3.54. The van der Waals surface area contributed by atoms with Crippen molar-refractivity contribution in [3.8, 4) is 5.75 Å². The lowest BCUT2D eigenvalue weighted by molar-refractivity contribution is -0.131. The van der Waals surface area contributed by atoms with Gasteiger partial charge in [0.05, 0.1) is 13.2 Å². The van der Waals surface area contributed by atoms with Gasteiger partial charge in [0.1, 0.15) is 17.9 Å². The smallest absolute Gasteiger partial charge is 0.410 e. The third-order valence-corrected chi connectivity index (χ3v) is 3.89. The van der Waals surface area contributed by atoms with Gasteiger partial charge in [0, 0.05) is 19.7 Å². The van der Waals surface area contributed by atoms with Crippen molar-refractivity contribution < 1.29 is 27.8 Å². The number of hydrogen-bond donors (Lipinski definition) is 0. The number of halogens is 2. The van der Waals surface area contributed by atoms with Gasteiger partial charge in [0.2, 0.25) is 5.91 Å². The Morgan fingerprint density at radius 1 is 1.14 bits per heavy atom. The Balaban J connectivity index is 3.04. The van der Waals surface area contributed by atoms with Crippen LogP contribution in [0.25, 0.3) is 0 Å². The lowest BCUT2D eigenvalue weighted by Gasteiger charge is -2.30. The number of ether oxygens (including phenoxy) is 2. The minimum absolute atomic E-state index is 0.294. The molecule has 0 aliphatic carbocycles. The molecule has 0 saturated heterocycles. The fourth-order valence-electron chi connectivity index (χ4n) is 2.29. The Kier molecular flexibility index (Phi) is 8.85. The van der Waals surface area contributed by atoms with Crippen LogP contribution in [0, 0.1) is 0 Å². The van der Waals surface area contributed by atoms with Gasteiger partial charge in [0.25, 0.3) is 5.92 Å². The topological polar surface area (TPSA) is 59.1 Å². The van der Waals surface area contributed by atoms with Gasteiger partial charge in [-0.2, -0.15) is 8.78 Å². The first-order valence-electron chi connectivity index (χ1n) is 9.65. The average molecular weight is 414 g/mol. The van der Waals surface area contributed by atoms with Gasteiger partial charge in [-0.05, 0) is 39.3 Å². The molecule has 29 heavy (non-hydrogen) atoms. The van der Waals surface area contributed by atoms with Crippen LogP contribution in [0.1, 0.15) is 46.1 Å². The first-order chi connectivity index (χ1) is 13.4. The molecule has 0 radical (unpaired) electrons. The van der Waals surface area contributed by atoms with Gasteiger partial charge in [-0.25, -0.2) is 4.79 Å². The van der Waals surface area contributed by atoms with Crippen molar-refractivity contribution in [3.63, 3.8) is 0 Å². The molecule has 1 aromatic carbocycles. The summed E-state index contributed by atoms with van der Waals surface area (Å²) in [6, 6.07) is 5.62. The largest absolute Gasteiger partial charge is 0.494 e. The fourth-order valence-corrected chi connectivity index (χ4v) is 2.29. The van der Waals surface area contributed by atoms with Gasteiger partial charge in [-0.3, -0.25) is 9.69 Å². The molecule has 0 atom stereocenters. The number of rotatable bonds is 9. The van der Waals surface area contributed by atoms with Crippen LogP contribution in [0.3, 0.4) is 0 Å². The molecule has 1 rings (SSSR count). The highest BCUT2D eigenvalue weighted by Gasteiger charge is 2.38. The van der Waals surface area contributed by atoms with E-state index < -0.39 is 36.6 Å². The number of nitrogens with zero attached hydrogens (tertiary/aromatic N) is 2. The molecule has 0 aromatic heterocycles. The zero-order valence-electron chi connectivity index (χ0n) is 18.1. The number of carbonyl (C=O) groups is 2. The SMILES string of the molecule is CCCCOc1cccc(C(F)(F)CN(CC(=O)N(C)C)C(=O)OC(C)(C)C)c1. The standard InChI is InChI=1S/C21H32F2N2O4/c1-7-8-12-28-17-11-9-10-16(13-17)21(22,23)15-25(14-18(26)24(5)6)19(27)29-20(2,3)4/h9-11,13H,7-8,12,14-15H2,1-6H3. The lowest BCUT2D eigenvalue weighted by Crippen LogP contribution is -2.47.